The van der Waals surface area contributed by atoms with Crippen molar-refractivity contribution in [2.24, 2.45) is 0 Å². The number of aromatic nitrogens is 1. The fraction of sp³-hybridized carbons (Fsp3) is 0.333. The van der Waals surface area contributed by atoms with Crippen molar-refractivity contribution < 1.29 is 13.9 Å². The molecule has 0 atom stereocenters. The van der Waals surface area contributed by atoms with Gasteiger partial charge in [0.15, 0.2) is 5.13 Å². The van der Waals surface area contributed by atoms with Crippen molar-refractivity contribution in [3.05, 3.63) is 40.7 Å². The lowest BCUT2D eigenvalue weighted by molar-refractivity contribution is -0.143. The third kappa shape index (κ3) is 4.53. The van der Waals surface area contributed by atoms with Gasteiger partial charge in [-0.05, 0) is 37.6 Å². The molecule has 6 heteroatoms. The standard InChI is InChI=1S/C15H17FN2O2S/c1-3-20-14(19)7-5-12-9-21-15(18-12)17-11-4-6-13(16)10(2)8-11/h4,6,8-9H,3,5,7H2,1-2H3,(H,17,18). The zero-order chi connectivity index (χ0) is 15.2. The zero-order valence-electron chi connectivity index (χ0n) is 12.0. The Morgan fingerprint density at radius 1 is 1.48 bits per heavy atom. The largest absolute Gasteiger partial charge is 0.466 e. The second-order valence-electron chi connectivity index (χ2n) is 4.54. The molecule has 1 aromatic carbocycles. The van der Waals surface area contributed by atoms with E-state index in [1.54, 1.807) is 26.0 Å². The summed E-state index contributed by atoms with van der Waals surface area (Å²) in [6.45, 7) is 3.90. The molecule has 0 aliphatic carbocycles. The van der Waals surface area contributed by atoms with Crippen molar-refractivity contribution in [3.8, 4) is 0 Å². The SMILES string of the molecule is CCOC(=O)CCc1csc(Nc2ccc(F)c(C)c2)n1. The van der Waals surface area contributed by atoms with Gasteiger partial charge in [0.1, 0.15) is 5.82 Å². The van der Waals surface area contributed by atoms with Crippen LogP contribution < -0.4 is 5.32 Å². The average Bonchev–Trinajstić information content (AvgIpc) is 2.89. The minimum Gasteiger partial charge on any atom is -0.466 e. The van der Waals surface area contributed by atoms with E-state index < -0.39 is 0 Å². The van der Waals surface area contributed by atoms with Crippen molar-refractivity contribution in [1.82, 2.24) is 4.98 Å². The Labute approximate surface area is 127 Å². The predicted octanol–water partition coefficient (Wildman–Crippen LogP) is 3.83. The van der Waals surface area contributed by atoms with Gasteiger partial charge in [-0.15, -0.1) is 11.3 Å². The maximum absolute atomic E-state index is 13.2. The predicted molar refractivity (Wildman–Crippen MR) is 81.5 cm³/mol. The number of benzene rings is 1. The lowest BCUT2D eigenvalue weighted by Gasteiger charge is -2.04. The van der Waals surface area contributed by atoms with E-state index in [9.17, 15) is 9.18 Å². The van der Waals surface area contributed by atoms with Crippen LogP contribution in [0, 0.1) is 12.7 Å². The number of carbonyl (C=O) groups is 1. The number of nitrogens with one attached hydrogen (secondary N) is 1. The number of anilines is 2. The number of nitrogens with zero attached hydrogens (tertiary/aromatic N) is 1. The molecule has 112 valence electrons. The number of rotatable bonds is 6. The van der Waals surface area contributed by atoms with Crippen LogP contribution in [-0.4, -0.2) is 17.6 Å². The van der Waals surface area contributed by atoms with Gasteiger partial charge in [-0.3, -0.25) is 4.79 Å². The number of thiazole rings is 1. The number of hydrogen-bond acceptors (Lipinski definition) is 5. The number of aryl methyl sites for hydroxylation is 2. The molecule has 0 saturated carbocycles. The smallest absolute Gasteiger partial charge is 0.306 e. The quantitative estimate of drug-likeness (QED) is 0.824. The fourth-order valence-corrected chi connectivity index (χ4v) is 2.55. The first-order chi connectivity index (χ1) is 10.1. The topological polar surface area (TPSA) is 51.2 Å². The number of halogens is 1. The summed E-state index contributed by atoms with van der Waals surface area (Å²) in [5, 5.41) is 5.75. The van der Waals surface area contributed by atoms with Crippen LogP contribution in [0.5, 0.6) is 0 Å². The third-order valence-corrected chi connectivity index (χ3v) is 3.66. The number of ether oxygens (including phenoxy) is 1. The van der Waals surface area contributed by atoms with E-state index in [2.05, 4.69) is 10.3 Å². The summed E-state index contributed by atoms with van der Waals surface area (Å²) in [4.78, 5) is 15.7. The second-order valence-corrected chi connectivity index (χ2v) is 5.40. The Morgan fingerprint density at radius 3 is 3.00 bits per heavy atom. The zero-order valence-corrected chi connectivity index (χ0v) is 12.8. The van der Waals surface area contributed by atoms with Gasteiger partial charge in [0.05, 0.1) is 18.7 Å². The molecule has 0 amide bonds. The van der Waals surface area contributed by atoms with Crippen molar-refractivity contribution in [2.75, 3.05) is 11.9 Å². The molecule has 21 heavy (non-hydrogen) atoms. The Balaban J connectivity index is 1.93. The van der Waals surface area contributed by atoms with Crippen LogP contribution in [-0.2, 0) is 16.0 Å². The molecule has 1 N–H and O–H groups in total. The second kappa shape index (κ2) is 7.17. The van der Waals surface area contributed by atoms with Crippen LogP contribution in [0.15, 0.2) is 23.6 Å². The molecule has 0 spiro atoms. The minimum atomic E-state index is -0.227. The van der Waals surface area contributed by atoms with Crippen molar-refractivity contribution in [1.29, 1.82) is 0 Å². The lowest BCUT2D eigenvalue weighted by Crippen LogP contribution is -2.05. The molecule has 0 saturated heterocycles. The third-order valence-electron chi connectivity index (χ3n) is 2.85. The summed E-state index contributed by atoms with van der Waals surface area (Å²) >= 11 is 1.45. The summed E-state index contributed by atoms with van der Waals surface area (Å²) < 4.78 is 18.1. The maximum atomic E-state index is 13.2. The summed E-state index contributed by atoms with van der Waals surface area (Å²) in [7, 11) is 0. The minimum absolute atomic E-state index is 0.214. The van der Waals surface area contributed by atoms with E-state index in [4.69, 9.17) is 4.74 Å². The molecule has 0 radical (unpaired) electrons. The van der Waals surface area contributed by atoms with Crippen LogP contribution in [0.4, 0.5) is 15.2 Å². The highest BCUT2D eigenvalue weighted by molar-refractivity contribution is 7.13. The molecule has 1 aromatic heterocycles. The molecule has 1 heterocycles. The molecule has 0 unspecified atom stereocenters. The Kier molecular flexibility index (Phi) is 5.27. The molecular formula is C15H17FN2O2S. The van der Waals surface area contributed by atoms with Gasteiger partial charge in [0, 0.05) is 17.5 Å². The van der Waals surface area contributed by atoms with E-state index in [1.807, 2.05) is 5.38 Å². The van der Waals surface area contributed by atoms with E-state index in [1.165, 1.54) is 17.4 Å². The van der Waals surface area contributed by atoms with Crippen LogP contribution in [0.25, 0.3) is 0 Å². The number of carbonyl (C=O) groups excluding carboxylic acids is 1. The van der Waals surface area contributed by atoms with Gasteiger partial charge < -0.3 is 10.1 Å². The lowest BCUT2D eigenvalue weighted by atomic mass is 10.2. The Bertz CT molecular complexity index is 628. The van der Waals surface area contributed by atoms with Crippen LogP contribution in [0.2, 0.25) is 0 Å². The van der Waals surface area contributed by atoms with Crippen molar-refractivity contribution in [3.63, 3.8) is 0 Å². The summed E-state index contributed by atoms with van der Waals surface area (Å²) in [6, 6.07) is 4.82. The number of esters is 1. The summed E-state index contributed by atoms with van der Waals surface area (Å²) in [5.74, 6) is -0.441. The normalized spacial score (nSPS) is 10.4. The summed E-state index contributed by atoms with van der Waals surface area (Å²) in [6.07, 6.45) is 0.881. The Hall–Kier alpha value is -1.95. The van der Waals surface area contributed by atoms with Gasteiger partial charge in [0.25, 0.3) is 0 Å². The van der Waals surface area contributed by atoms with E-state index >= 15 is 0 Å². The molecule has 0 aliphatic heterocycles. The van der Waals surface area contributed by atoms with Gasteiger partial charge in [-0.25, -0.2) is 9.37 Å². The number of hydrogen-bond donors (Lipinski definition) is 1. The molecule has 0 bridgehead atoms. The Morgan fingerprint density at radius 2 is 2.29 bits per heavy atom. The fourth-order valence-electron chi connectivity index (χ4n) is 1.79. The molecule has 2 aromatic rings. The average molecular weight is 308 g/mol. The van der Waals surface area contributed by atoms with Crippen LogP contribution in [0.3, 0.4) is 0 Å². The van der Waals surface area contributed by atoms with E-state index in [0.717, 1.165) is 16.5 Å². The highest BCUT2D eigenvalue weighted by Gasteiger charge is 2.07. The molecule has 2 rings (SSSR count). The highest BCUT2D eigenvalue weighted by Crippen LogP contribution is 2.23. The molecular weight excluding hydrogens is 291 g/mol. The maximum Gasteiger partial charge on any atom is 0.306 e. The van der Waals surface area contributed by atoms with Crippen molar-refractivity contribution >= 4 is 28.1 Å². The van der Waals surface area contributed by atoms with Gasteiger partial charge >= 0.3 is 5.97 Å². The van der Waals surface area contributed by atoms with Crippen molar-refractivity contribution in [2.45, 2.75) is 26.7 Å². The first-order valence-corrected chi connectivity index (χ1v) is 7.59. The summed E-state index contributed by atoms with van der Waals surface area (Å²) in [5.41, 5.74) is 2.22. The van der Waals surface area contributed by atoms with Gasteiger partial charge in [-0.2, -0.15) is 0 Å². The van der Waals surface area contributed by atoms with E-state index in [0.29, 0.717) is 25.0 Å². The van der Waals surface area contributed by atoms with Crippen LogP contribution in [0.1, 0.15) is 24.6 Å². The van der Waals surface area contributed by atoms with E-state index in [-0.39, 0.29) is 11.8 Å². The molecule has 0 aliphatic rings. The highest BCUT2D eigenvalue weighted by atomic mass is 32.1. The molecule has 4 nitrogen and oxygen atoms in total. The first kappa shape index (κ1) is 15.4. The van der Waals surface area contributed by atoms with Gasteiger partial charge in [-0.1, -0.05) is 0 Å². The monoisotopic (exact) mass is 308 g/mol. The van der Waals surface area contributed by atoms with Gasteiger partial charge in [0.2, 0.25) is 0 Å². The van der Waals surface area contributed by atoms with Crippen LogP contribution >= 0.6 is 11.3 Å². The first-order valence-electron chi connectivity index (χ1n) is 6.71. The molecule has 0 fully saturated rings.